The summed E-state index contributed by atoms with van der Waals surface area (Å²) in [6, 6.07) is 9.91. The van der Waals surface area contributed by atoms with Crippen LogP contribution in [0.1, 0.15) is 24.8 Å². The Morgan fingerprint density at radius 2 is 2.20 bits per heavy atom. The second-order valence-corrected chi connectivity index (χ2v) is 5.67. The van der Waals surface area contributed by atoms with E-state index in [-0.39, 0.29) is 6.61 Å². The highest BCUT2D eigenvalue weighted by atomic mass is 16.5. The lowest BCUT2D eigenvalue weighted by Gasteiger charge is -2.47. The molecule has 0 radical (unpaired) electrons. The second-order valence-electron chi connectivity index (χ2n) is 5.67. The number of hydrogen-bond acceptors (Lipinski definition) is 4. The van der Waals surface area contributed by atoms with Crippen molar-refractivity contribution in [3.63, 3.8) is 0 Å². The maximum atomic E-state index is 8.52. The maximum Gasteiger partial charge on any atom is 0.174 e. The van der Waals surface area contributed by atoms with Gasteiger partial charge in [0.05, 0.1) is 0 Å². The summed E-state index contributed by atoms with van der Waals surface area (Å²) in [7, 11) is 4.33. The zero-order valence-corrected chi connectivity index (χ0v) is 12.4. The van der Waals surface area contributed by atoms with Crippen LogP contribution in [0.2, 0.25) is 0 Å². The number of hydrogen-bond donors (Lipinski definition) is 1. The van der Waals surface area contributed by atoms with Gasteiger partial charge in [0.1, 0.15) is 11.8 Å². The minimum absolute atomic E-state index is 0.0978. The molecule has 20 heavy (non-hydrogen) atoms. The summed E-state index contributed by atoms with van der Waals surface area (Å²) in [5, 5.41) is 12.1. The van der Waals surface area contributed by atoms with Crippen LogP contribution in [0.5, 0.6) is 5.75 Å². The van der Waals surface area contributed by atoms with E-state index in [2.05, 4.69) is 30.4 Å². The third-order valence-corrected chi connectivity index (χ3v) is 4.22. The molecule has 1 aromatic carbocycles. The summed E-state index contributed by atoms with van der Waals surface area (Å²) >= 11 is 0. The predicted octanol–water partition coefficient (Wildman–Crippen LogP) is 2.16. The zero-order valence-electron chi connectivity index (χ0n) is 12.4. The highest BCUT2D eigenvalue weighted by Gasteiger charge is 2.38. The van der Waals surface area contributed by atoms with E-state index in [1.807, 2.05) is 24.3 Å². The molecule has 0 spiro atoms. The molecule has 0 saturated heterocycles. The van der Waals surface area contributed by atoms with Crippen LogP contribution in [0.25, 0.3) is 0 Å². The molecule has 1 saturated carbocycles. The molecule has 0 amide bonds. The average Bonchev–Trinajstić information content (AvgIpc) is 2.39. The van der Waals surface area contributed by atoms with E-state index in [9.17, 15) is 0 Å². The van der Waals surface area contributed by atoms with Gasteiger partial charge in [-0.05, 0) is 51.1 Å². The molecule has 108 valence electrons. The molecule has 0 bridgehead atoms. The lowest BCUT2D eigenvalue weighted by molar-refractivity contribution is 0.0598. The fourth-order valence-electron chi connectivity index (χ4n) is 2.67. The summed E-state index contributed by atoms with van der Waals surface area (Å²) in [6.45, 7) is 1.95. The zero-order chi connectivity index (χ0) is 14.4. The van der Waals surface area contributed by atoms with Gasteiger partial charge >= 0.3 is 0 Å². The van der Waals surface area contributed by atoms with Crippen molar-refractivity contribution in [1.29, 1.82) is 5.26 Å². The third-order valence-electron chi connectivity index (χ3n) is 4.22. The van der Waals surface area contributed by atoms with Crippen LogP contribution in [-0.4, -0.2) is 37.7 Å². The highest BCUT2D eigenvalue weighted by molar-refractivity contribution is 5.28. The second kappa shape index (κ2) is 6.74. The van der Waals surface area contributed by atoms with Crippen molar-refractivity contribution in [2.24, 2.45) is 0 Å². The number of nitriles is 1. The summed E-state index contributed by atoms with van der Waals surface area (Å²) < 4.78 is 5.32. The molecular formula is C16H23N3O. The number of ether oxygens (including phenoxy) is 1. The average molecular weight is 273 g/mol. The first kappa shape index (κ1) is 14.8. The van der Waals surface area contributed by atoms with Gasteiger partial charge in [0.25, 0.3) is 0 Å². The number of nitrogens with one attached hydrogen (secondary N) is 1. The molecular weight excluding hydrogens is 250 g/mol. The first-order chi connectivity index (χ1) is 9.66. The van der Waals surface area contributed by atoms with E-state index < -0.39 is 0 Å². The smallest absolute Gasteiger partial charge is 0.174 e. The Morgan fingerprint density at radius 1 is 1.40 bits per heavy atom. The van der Waals surface area contributed by atoms with Gasteiger partial charge in [0, 0.05) is 18.6 Å². The van der Waals surface area contributed by atoms with E-state index in [4.69, 9.17) is 10.00 Å². The number of likely N-dealkylation sites (N-methyl/N-ethyl adjacent to an activating group) is 1. The van der Waals surface area contributed by atoms with Gasteiger partial charge in [-0.25, -0.2) is 0 Å². The standard InChI is InChI=1S/C16H23N3O/c1-19(2)16(7-4-8-16)13-18-12-14-5-3-6-15(11-14)20-10-9-17/h3,5-6,11,18H,4,7-8,10,12-13H2,1-2H3. The Bertz CT molecular complexity index is 475. The fourth-order valence-corrected chi connectivity index (χ4v) is 2.67. The summed E-state index contributed by atoms with van der Waals surface area (Å²) in [6.07, 6.45) is 3.88. The highest BCUT2D eigenvalue weighted by Crippen LogP contribution is 2.35. The Hall–Kier alpha value is -1.57. The van der Waals surface area contributed by atoms with Crippen molar-refractivity contribution in [1.82, 2.24) is 10.2 Å². The Labute approximate surface area is 121 Å². The predicted molar refractivity (Wildman–Crippen MR) is 79.5 cm³/mol. The van der Waals surface area contributed by atoms with E-state index in [0.29, 0.717) is 5.54 Å². The maximum absolute atomic E-state index is 8.52. The van der Waals surface area contributed by atoms with Crippen LogP contribution in [-0.2, 0) is 6.54 Å². The summed E-state index contributed by atoms with van der Waals surface area (Å²) in [5.41, 5.74) is 1.53. The lowest BCUT2D eigenvalue weighted by atomic mass is 9.75. The Kier molecular flexibility index (Phi) is 4.99. The van der Waals surface area contributed by atoms with Crippen molar-refractivity contribution in [3.8, 4) is 11.8 Å². The minimum Gasteiger partial charge on any atom is -0.479 e. The van der Waals surface area contributed by atoms with E-state index in [1.165, 1.54) is 24.8 Å². The molecule has 1 aliphatic carbocycles. The van der Waals surface area contributed by atoms with E-state index in [0.717, 1.165) is 18.8 Å². The van der Waals surface area contributed by atoms with Gasteiger partial charge in [-0.3, -0.25) is 0 Å². The summed E-state index contributed by atoms with van der Waals surface area (Å²) in [4.78, 5) is 2.34. The van der Waals surface area contributed by atoms with Gasteiger partial charge in [0.2, 0.25) is 0 Å². The fraction of sp³-hybridized carbons (Fsp3) is 0.562. The van der Waals surface area contributed by atoms with Crippen LogP contribution >= 0.6 is 0 Å². The van der Waals surface area contributed by atoms with Crippen LogP contribution < -0.4 is 10.1 Å². The van der Waals surface area contributed by atoms with E-state index >= 15 is 0 Å². The van der Waals surface area contributed by atoms with Crippen LogP contribution in [0.4, 0.5) is 0 Å². The molecule has 0 unspecified atom stereocenters. The number of rotatable bonds is 7. The molecule has 1 aliphatic rings. The van der Waals surface area contributed by atoms with Crippen molar-refractivity contribution < 1.29 is 4.74 Å². The van der Waals surface area contributed by atoms with Gasteiger partial charge in [-0.1, -0.05) is 12.1 Å². The van der Waals surface area contributed by atoms with Gasteiger partial charge in [-0.2, -0.15) is 5.26 Å². The monoisotopic (exact) mass is 273 g/mol. The number of benzene rings is 1. The molecule has 1 fully saturated rings. The minimum atomic E-state index is 0.0978. The van der Waals surface area contributed by atoms with Crippen LogP contribution in [0, 0.1) is 11.3 Å². The molecule has 0 heterocycles. The normalized spacial score (nSPS) is 16.5. The van der Waals surface area contributed by atoms with Crippen molar-refractivity contribution in [3.05, 3.63) is 29.8 Å². The summed E-state index contributed by atoms with van der Waals surface area (Å²) in [5.74, 6) is 0.761. The van der Waals surface area contributed by atoms with Crippen molar-refractivity contribution in [2.75, 3.05) is 27.2 Å². The lowest BCUT2D eigenvalue weighted by Crippen LogP contribution is -2.56. The molecule has 4 nitrogen and oxygen atoms in total. The van der Waals surface area contributed by atoms with Crippen LogP contribution in [0.15, 0.2) is 24.3 Å². The molecule has 0 atom stereocenters. The SMILES string of the molecule is CN(C)C1(CNCc2cccc(OCC#N)c2)CCC1. The third kappa shape index (κ3) is 3.50. The quantitative estimate of drug-likeness (QED) is 0.827. The topological polar surface area (TPSA) is 48.3 Å². The molecule has 1 aromatic rings. The van der Waals surface area contributed by atoms with Gasteiger partial charge in [-0.15, -0.1) is 0 Å². The first-order valence-electron chi connectivity index (χ1n) is 7.13. The van der Waals surface area contributed by atoms with Gasteiger partial charge < -0.3 is 15.0 Å². The first-order valence-corrected chi connectivity index (χ1v) is 7.13. The molecule has 0 aromatic heterocycles. The number of nitrogens with zero attached hydrogens (tertiary/aromatic N) is 2. The Balaban J connectivity index is 1.83. The van der Waals surface area contributed by atoms with Crippen LogP contribution in [0.3, 0.4) is 0 Å². The van der Waals surface area contributed by atoms with E-state index in [1.54, 1.807) is 0 Å². The molecule has 2 rings (SSSR count). The van der Waals surface area contributed by atoms with Gasteiger partial charge in [0.15, 0.2) is 6.61 Å². The van der Waals surface area contributed by atoms with Crippen molar-refractivity contribution in [2.45, 2.75) is 31.3 Å². The largest absolute Gasteiger partial charge is 0.479 e. The van der Waals surface area contributed by atoms with Crippen molar-refractivity contribution >= 4 is 0 Å². The molecule has 1 N–H and O–H groups in total. The molecule has 4 heteroatoms. The Morgan fingerprint density at radius 3 is 2.80 bits per heavy atom. The molecule has 0 aliphatic heterocycles.